The van der Waals surface area contributed by atoms with E-state index < -0.39 is 18.1 Å². The van der Waals surface area contributed by atoms with Crippen LogP contribution in [0.2, 0.25) is 0 Å². The predicted molar refractivity (Wildman–Crippen MR) is 137 cm³/mol. The minimum Gasteiger partial charge on any atom is -0.393 e. The number of likely N-dealkylation sites (tertiary alicyclic amines) is 1. The van der Waals surface area contributed by atoms with Crippen LogP contribution in [0.4, 0.5) is 13.2 Å². The standard InChI is InChI=1S/C30H44F3NO3/c1-17-12-26-27(34(16-17)28(36)30(31,32)33)19(3)13-18(2)24-15-25-23(22(24)6-5-11-37-26)8-7-20-14-21(35)9-10-29(20,25)4/h7,17,19,21-23,25-27,35H,5-6,8-16H2,1-4H3/b24-18-/t17-,19-,21-,22-,23-,25-,26+,27-,29-/m0/s1. The van der Waals surface area contributed by atoms with E-state index in [2.05, 4.69) is 19.9 Å². The van der Waals surface area contributed by atoms with Crippen molar-refractivity contribution in [2.45, 2.75) is 110 Å². The number of nitrogens with zero attached hydrogens (tertiary/aromatic N) is 1. The molecule has 0 aromatic heterocycles. The lowest BCUT2D eigenvalue weighted by molar-refractivity contribution is -0.197. The van der Waals surface area contributed by atoms with Crippen LogP contribution < -0.4 is 0 Å². The van der Waals surface area contributed by atoms with E-state index in [1.54, 1.807) is 0 Å². The second-order valence-electron chi connectivity index (χ2n) is 13.2. The van der Waals surface area contributed by atoms with Crippen LogP contribution in [0, 0.1) is 35.0 Å². The molecule has 0 spiro atoms. The van der Waals surface area contributed by atoms with Crippen LogP contribution >= 0.6 is 0 Å². The minimum atomic E-state index is -4.87. The Labute approximate surface area is 219 Å². The van der Waals surface area contributed by atoms with Gasteiger partial charge in [-0.25, -0.2) is 0 Å². The van der Waals surface area contributed by atoms with Gasteiger partial charge in [0.2, 0.25) is 0 Å². The van der Waals surface area contributed by atoms with Crippen molar-refractivity contribution >= 4 is 5.91 Å². The molecule has 0 radical (unpaired) electrons. The molecule has 1 amide bonds. The van der Waals surface area contributed by atoms with Crippen molar-refractivity contribution < 1.29 is 27.8 Å². The number of allylic oxidation sites excluding steroid dienone is 3. The van der Waals surface area contributed by atoms with Gasteiger partial charge in [-0.3, -0.25) is 4.79 Å². The van der Waals surface area contributed by atoms with Crippen molar-refractivity contribution in [2.75, 3.05) is 13.2 Å². The fourth-order valence-corrected chi connectivity index (χ4v) is 8.98. The molecule has 7 heteroatoms. The molecule has 2 saturated carbocycles. The molecular formula is C30H44F3NO3. The second kappa shape index (κ2) is 10.0. The third kappa shape index (κ3) is 4.92. The summed E-state index contributed by atoms with van der Waals surface area (Å²) in [5, 5.41) is 10.3. The van der Waals surface area contributed by atoms with Crippen molar-refractivity contribution in [3.63, 3.8) is 0 Å². The normalized spacial score (nSPS) is 45.1. The Morgan fingerprint density at radius 1 is 1.19 bits per heavy atom. The lowest BCUT2D eigenvalue weighted by Gasteiger charge is -2.48. The van der Waals surface area contributed by atoms with E-state index >= 15 is 0 Å². The van der Waals surface area contributed by atoms with Gasteiger partial charge in [-0.2, -0.15) is 13.2 Å². The van der Waals surface area contributed by atoms with Crippen LogP contribution in [0.5, 0.6) is 0 Å². The molecule has 37 heavy (non-hydrogen) atoms. The summed E-state index contributed by atoms with van der Waals surface area (Å²) >= 11 is 0. The summed E-state index contributed by atoms with van der Waals surface area (Å²) < 4.78 is 47.1. The first kappa shape index (κ1) is 27.2. The SMILES string of the molecule is C/C1=C2\C[C@H]3[C@@H](CC=C4C[C@@H](O)CC[C@@]43C)[C@@H]2CCCO[C@@H]2C[C@H](C)CN(C(=O)C(F)(F)F)[C@H]2[C@@H](C)C1. The van der Waals surface area contributed by atoms with E-state index in [9.17, 15) is 23.1 Å². The van der Waals surface area contributed by atoms with Gasteiger partial charge in [0, 0.05) is 13.2 Å². The number of halogens is 3. The van der Waals surface area contributed by atoms with Crippen molar-refractivity contribution in [3.8, 4) is 0 Å². The maximum atomic E-state index is 13.6. The monoisotopic (exact) mass is 523 g/mol. The van der Waals surface area contributed by atoms with Gasteiger partial charge in [-0.05, 0) is 99.7 Å². The first-order valence-electron chi connectivity index (χ1n) is 14.5. The first-order chi connectivity index (χ1) is 17.4. The average Bonchev–Trinajstić information content (AvgIpc) is 3.19. The highest BCUT2D eigenvalue weighted by atomic mass is 19.4. The number of piperidine rings is 1. The first-order valence-corrected chi connectivity index (χ1v) is 14.5. The summed E-state index contributed by atoms with van der Waals surface area (Å²) in [5.41, 5.74) is 4.39. The zero-order chi connectivity index (χ0) is 26.7. The number of hydrogen-bond donors (Lipinski definition) is 1. The molecule has 0 bridgehead atoms. The molecule has 5 aliphatic rings. The second-order valence-corrected chi connectivity index (χ2v) is 13.2. The van der Waals surface area contributed by atoms with Gasteiger partial charge in [0.25, 0.3) is 0 Å². The van der Waals surface area contributed by atoms with E-state index in [-0.39, 0.29) is 36.0 Å². The third-order valence-corrected chi connectivity index (χ3v) is 10.7. The van der Waals surface area contributed by atoms with Crippen LogP contribution in [0.1, 0.15) is 85.5 Å². The number of amides is 1. The predicted octanol–water partition coefficient (Wildman–Crippen LogP) is 6.44. The zero-order valence-electron chi connectivity index (χ0n) is 22.8. The largest absolute Gasteiger partial charge is 0.471 e. The van der Waals surface area contributed by atoms with Gasteiger partial charge in [0.15, 0.2) is 0 Å². The molecule has 1 N–H and O–H groups in total. The number of hydrogen-bond acceptors (Lipinski definition) is 3. The van der Waals surface area contributed by atoms with E-state index in [0.29, 0.717) is 37.2 Å². The quantitative estimate of drug-likeness (QED) is 0.372. The molecule has 2 aliphatic heterocycles. The molecule has 0 unspecified atom stereocenters. The molecule has 3 fully saturated rings. The summed E-state index contributed by atoms with van der Waals surface area (Å²) in [4.78, 5) is 13.6. The Morgan fingerprint density at radius 2 is 1.95 bits per heavy atom. The highest BCUT2D eigenvalue weighted by molar-refractivity contribution is 5.82. The highest BCUT2D eigenvalue weighted by Gasteiger charge is 2.54. The number of aliphatic hydroxyl groups excluding tert-OH is 1. The molecule has 3 aliphatic carbocycles. The number of aliphatic hydroxyl groups is 1. The average molecular weight is 524 g/mol. The zero-order valence-corrected chi connectivity index (χ0v) is 22.8. The van der Waals surface area contributed by atoms with Gasteiger partial charge < -0.3 is 14.7 Å². The lowest BCUT2D eigenvalue weighted by Crippen LogP contribution is -2.59. The fourth-order valence-electron chi connectivity index (χ4n) is 8.98. The Kier molecular flexibility index (Phi) is 7.36. The van der Waals surface area contributed by atoms with Gasteiger partial charge >= 0.3 is 12.1 Å². The van der Waals surface area contributed by atoms with Crippen molar-refractivity contribution in [1.82, 2.24) is 4.90 Å². The Morgan fingerprint density at radius 3 is 2.68 bits per heavy atom. The van der Waals surface area contributed by atoms with Crippen molar-refractivity contribution in [3.05, 3.63) is 22.8 Å². The van der Waals surface area contributed by atoms with Crippen molar-refractivity contribution in [1.29, 1.82) is 0 Å². The van der Waals surface area contributed by atoms with Crippen LogP contribution in [0.25, 0.3) is 0 Å². The summed E-state index contributed by atoms with van der Waals surface area (Å²) in [6, 6.07) is -0.563. The Hall–Kier alpha value is -1.34. The fraction of sp³-hybridized carbons (Fsp3) is 0.833. The van der Waals surface area contributed by atoms with Crippen LogP contribution in [0.15, 0.2) is 22.8 Å². The maximum absolute atomic E-state index is 13.6. The molecule has 208 valence electrons. The minimum absolute atomic E-state index is 0.0255. The number of carbonyl (C=O) groups excluding carboxylic acids is 1. The van der Waals surface area contributed by atoms with Gasteiger partial charge in [0.05, 0.1) is 18.2 Å². The number of ether oxygens (including phenoxy) is 1. The Bertz CT molecular complexity index is 958. The highest BCUT2D eigenvalue weighted by Crippen LogP contribution is 2.62. The van der Waals surface area contributed by atoms with Crippen LogP contribution in [-0.2, 0) is 9.53 Å². The van der Waals surface area contributed by atoms with Crippen LogP contribution in [0.3, 0.4) is 0 Å². The molecule has 2 heterocycles. The molecule has 4 nitrogen and oxygen atoms in total. The van der Waals surface area contributed by atoms with E-state index in [1.807, 2.05) is 13.8 Å². The molecule has 1 saturated heterocycles. The summed E-state index contributed by atoms with van der Waals surface area (Å²) in [7, 11) is 0. The van der Waals surface area contributed by atoms with E-state index in [0.717, 1.165) is 49.8 Å². The number of alkyl halides is 3. The lowest BCUT2D eigenvalue weighted by atomic mass is 9.57. The Balaban J connectivity index is 1.45. The summed E-state index contributed by atoms with van der Waals surface area (Å²) in [5.74, 6) is -0.250. The van der Waals surface area contributed by atoms with E-state index in [4.69, 9.17) is 4.74 Å². The van der Waals surface area contributed by atoms with Crippen LogP contribution in [-0.4, -0.2) is 53.5 Å². The number of fused-ring (bicyclic) bond motifs is 6. The summed E-state index contributed by atoms with van der Waals surface area (Å²) in [6.07, 6.45) is 5.05. The maximum Gasteiger partial charge on any atom is 0.471 e. The van der Waals surface area contributed by atoms with Gasteiger partial charge in [0.1, 0.15) is 0 Å². The smallest absolute Gasteiger partial charge is 0.393 e. The summed E-state index contributed by atoms with van der Waals surface area (Å²) in [6.45, 7) is 9.18. The van der Waals surface area contributed by atoms with E-state index in [1.165, 1.54) is 16.7 Å². The molecule has 0 aromatic rings. The number of carbonyl (C=O) groups is 1. The van der Waals surface area contributed by atoms with Crippen molar-refractivity contribution in [2.24, 2.45) is 35.0 Å². The van der Waals surface area contributed by atoms with Gasteiger partial charge in [-0.1, -0.05) is 43.6 Å². The molecule has 5 rings (SSSR count). The third-order valence-electron chi connectivity index (χ3n) is 10.7. The topological polar surface area (TPSA) is 49.8 Å². The molecule has 0 aromatic carbocycles. The number of rotatable bonds is 0. The molecule has 9 atom stereocenters. The van der Waals surface area contributed by atoms with Gasteiger partial charge in [-0.15, -0.1) is 0 Å². The molecular weight excluding hydrogens is 479 g/mol.